The van der Waals surface area contributed by atoms with Crippen LogP contribution in [-0.2, 0) is 0 Å². The van der Waals surface area contributed by atoms with Crippen LogP contribution in [0.25, 0.3) is 11.0 Å². The van der Waals surface area contributed by atoms with Crippen LogP contribution < -0.4 is 5.73 Å². The highest BCUT2D eigenvalue weighted by Gasteiger charge is 2.25. The number of furan rings is 1. The highest BCUT2D eigenvalue weighted by atomic mass is 16.3. The van der Waals surface area contributed by atoms with Gasteiger partial charge in [-0.2, -0.15) is 0 Å². The van der Waals surface area contributed by atoms with Crippen molar-refractivity contribution in [2.75, 3.05) is 0 Å². The highest BCUT2D eigenvalue weighted by molar-refractivity contribution is 5.81. The standard InChI is InChI=1S/C14H19NO/c1-9-6-5-7-10-8-11(16-12(9)10)13(15)14(2,3)4/h5-8,13H,15H2,1-4H3/t13-/m1/s1. The molecule has 0 fully saturated rings. The van der Waals surface area contributed by atoms with Gasteiger partial charge in [-0.15, -0.1) is 0 Å². The maximum Gasteiger partial charge on any atom is 0.137 e. The van der Waals surface area contributed by atoms with E-state index in [1.54, 1.807) is 0 Å². The number of nitrogens with two attached hydrogens (primary N) is 1. The molecule has 2 aromatic rings. The van der Waals surface area contributed by atoms with Crippen LogP contribution in [-0.4, -0.2) is 0 Å². The van der Waals surface area contributed by atoms with Crippen molar-refractivity contribution < 1.29 is 4.42 Å². The Morgan fingerprint density at radius 2 is 1.94 bits per heavy atom. The van der Waals surface area contributed by atoms with E-state index >= 15 is 0 Å². The molecule has 1 atom stereocenters. The lowest BCUT2D eigenvalue weighted by Gasteiger charge is -2.24. The summed E-state index contributed by atoms with van der Waals surface area (Å²) in [7, 11) is 0. The molecule has 0 amide bonds. The Balaban J connectivity index is 2.52. The van der Waals surface area contributed by atoms with Crippen molar-refractivity contribution in [2.45, 2.75) is 33.7 Å². The molecule has 2 heteroatoms. The van der Waals surface area contributed by atoms with Gasteiger partial charge in [0.05, 0.1) is 6.04 Å². The third kappa shape index (κ3) is 1.85. The summed E-state index contributed by atoms with van der Waals surface area (Å²) in [4.78, 5) is 0. The molecule has 0 spiro atoms. The van der Waals surface area contributed by atoms with Gasteiger partial charge < -0.3 is 10.2 Å². The van der Waals surface area contributed by atoms with Gasteiger partial charge in [0.1, 0.15) is 11.3 Å². The number of benzene rings is 1. The van der Waals surface area contributed by atoms with Crippen molar-refractivity contribution in [3.05, 3.63) is 35.6 Å². The van der Waals surface area contributed by atoms with E-state index in [-0.39, 0.29) is 11.5 Å². The number of rotatable bonds is 1. The molecule has 2 rings (SSSR count). The van der Waals surface area contributed by atoms with E-state index in [2.05, 4.69) is 45.9 Å². The molecule has 0 bridgehead atoms. The lowest BCUT2D eigenvalue weighted by Crippen LogP contribution is -2.25. The molecule has 2 N–H and O–H groups in total. The second-order valence-electron chi connectivity index (χ2n) is 5.49. The van der Waals surface area contributed by atoms with E-state index in [0.717, 1.165) is 22.3 Å². The molecule has 0 saturated heterocycles. The number of hydrogen-bond donors (Lipinski definition) is 1. The highest BCUT2D eigenvalue weighted by Crippen LogP contribution is 2.34. The van der Waals surface area contributed by atoms with Crippen LogP contribution in [0.4, 0.5) is 0 Å². The van der Waals surface area contributed by atoms with Crippen molar-refractivity contribution in [3.63, 3.8) is 0 Å². The summed E-state index contributed by atoms with van der Waals surface area (Å²) in [6.07, 6.45) is 0. The van der Waals surface area contributed by atoms with Crippen LogP contribution >= 0.6 is 0 Å². The van der Waals surface area contributed by atoms with Crippen molar-refractivity contribution in [1.29, 1.82) is 0 Å². The molecule has 0 saturated carbocycles. The number of fused-ring (bicyclic) bond motifs is 1. The largest absolute Gasteiger partial charge is 0.459 e. The Labute approximate surface area is 96.4 Å². The minimum absolute atomic E-state index is 0.0157. The van der Waals surface area contributed by atoms with E-state index in [4.69, 9.17) is 10.2 Å². The van der Waals surface area contributed by atoms with Crippen LogP contribution in [0.2, 0.25) is 0 Å². The first-order valence-electron chi connectivity index (χ1n) is 5.64. The molecule has 16 heavy (non-hydrogen) atoms. The quantitative estimate of drug-likeness (QED) is 0.789. The fourth-order valence-electron chi connectivity index (χ4n) is 1.81. The maximum atomic E-state index is 6.19. The van der Waals surface area contributed by atoms with Gasteiger partial charge in [0, 0.05) is 5.39 Å². The second-order valence-corrected chi connectivity index (χ2v) is 5.49. The second kappa shape index (κ2) is 3.63. The average Bonchev–Trinajstić information content (AvgIpc) is 2.60. The van der Waals surface area contributed by atoms with E-state index < -0.39 is 0 Å². The lowest BCUT2D eigenvalue weighted by atomic mass is 9.86. The van der Waals surface area contributed by atoms with Gasteiger partial charge in [-0.1, -0.05) is 39.0 Å². The molecular formula is C14H19NO. The molecule has 2 nitrogen and oxygen atoms in total. The fraction of sp³-hybridized carbons (Fsp3) is 0.429. The third-order valence-electron chi connectivity index (χ3n) is 3.00. The zero-order valence-corrected chi connectivity index (χ0v) is 10.4. The molecular weight excluding hydrogens is 198 g/mol. The summed E-state index contributed by atoms with van der Waals surface area (Å²) >= 11 is 0. The maximum absolute atomic E-state index is 6.19. The van der Waals surface area contributed by atoms with Crippen LogP contribution in [0.1, 0.15) is 38.1 Å². The van der Waals surface area contributed by atoms with Crippen LogP contribution in [0.3, 0.4) is 0 Å². The Morgan fingerprint density at radius 1 is 1.25 bits per heavy atom. The molecule has 0 unspecified atom stereocenters. The summed E-state index contributed by atoms with van der Waals surface area (Å²) in [5.74, 6) is 0.872. The molecule has 0 radical (unpaired) electrons. The summed E-state index contributed by atoms with van der Waals surface area (Å²) in [6, 6.07) is 8.14. The predicted molar refractivity (Wildman–Crippen MR) is 67.3 cm³/mol. The lowest BCUT2D eigenvalue weighted by molar-refractivity contribution is 0.290. The summed E-state index contributed by atoms with van der Waals surface area (Å²) in [6.45, 7) is 8.42. The molecule has 0 aliphatic carbocycles. The minimum Gasteiger partial charge on any atom is -0.459 e. The van der Waals surface area contributed by atoms with Crippen LogP contribution in [0, 0.1) is 12.3 Å². The molecule has 1 heterocycles. The van der Waals surface area contributed by atoms with Gasteiger partial charge >= 0.3 is 0 Å². The summed E-state index contributed by atoms with van der Waals surface area (Å²) in [5.41, 5.74) is 8.32. The van der Waals surface area contributed by atoms with Gasteiger partial charge in [0.25, 0.3) is 0 Å². The van der Waals surface area contributed by atoms with Crippen molar-refractivity contribution in [2.24, 2.45) is 11.1 Å². The Morgan fingerprint density at radius 3 is 2.50 bits per heavy atom. The predicted octanol–water partition coefficient (Wildman–Crippen LogP) is 3.79. The summed E-state index contributed by atoms with van der Waals surface area (Å²) in [5, 5.41) is 1.13. The number of hydrogen-bond acceptors (Lipinski definition) is 2. The normalized spacial score (nSPS) is 14.3. The Kier molecular flexibility index (Phi) is 2.55. The zero-order valence-electron chi connectivity index (χ0n) is 10.4. The van der Waals surface area contributed by atoms with Crippen LogP contribution in [0.15, 0.2) is 28.7 Å². The first-order valence-corrected chi connectivity index (χ1v) is 5.64. The van der Waals surface area contributed by atoms with Gasteiger partial charge in [0.15, 0.2) is 0 Å². The van der Waals surface area contributed by atoms with E-state index in [1.807, 2.05) is 6.07 Å². The van der Waals surface area contributed by atoms with Gasteiger partial charge in [-0.05, 0) is 24.0 Å². The van der Waals surface area contributed by atoms with Gasteiger partial charge in [0.2, 0.25) is 0 Å². The number of para-hydroxylation sites is 1. The third-order valence-corrected chi connectivity index (χ3v) is 3.00. The fourth-order valence-corrected chi connectivity index (χ4v) is 1.81. The van der Waals surface area contributed by atoms with Crippen molar-refractivity contribution in [3.8, 4) is 0 Å². The van der Waals surface area contributed by atoms with E-state index in [0.29, 0.717) is 0 Å². The Hall–Kier alpha value is -1.28. The average molecular weight is 217 g/mol. The topological polar surface area (TPSA) is 39.2 Å². The first kappa shape index (κ1) is 11.2. The molecule has 0 aliphatic rings. The van der Waals surface area contributed by atoms with Gasteiger partial charge in [-0.3, -0.25) is 0 Å². The molecule has 1 aromatic carbocycles. The smallest absolute Gasteiger partial charge is 0.137 e. The first-order chi connectivity index (χ1) is 7.39. The summed E-state index contributed by atoms with van der Waals surface area (Å²) < 4.78 is 5.86. The monoisotopic (exact) mass is 217 g/mol. The molecule has 86 valence electrons. The van der Waals surface area contributed by atoms with Crippen molar-refractivity contribution in [1.82, 2.24) is 0 Å². The van der Waals surface area contributed by atoms with Gasteiger partial charge in [-0.25, -0.2) is 0 Å². The van der Waals surface area contributed by atoms with E-state index in [9.17, 15) is 0 Å². The van der Waals surface area contributed by atoms with E-state index in [1.165, 1.54) is 0 Å². The molecule has 0 aliphatic heterocycles. The Bertz CT molecular complexity index is 505. The molecule has 1 aromatic heterocycles. The zero-order chi connectivity index (χ0) is 11.9. The van der Waals surface area contributed by atoms with Crippen molar-refractivity contribution >= 4 is 11.0 Å². The van der Waals surface area contributed by atoms with Crippen LogP contribution in [0.5, 0.6) is 0 Å². The number of aryl methyl sites for hydroxylation is 1. The SMILES string of the molecule is Cc1cccc2cc([C@@H](N)C(C)(C)C)oc12. The minimum atomic E-state index is -0.0701.